The molecule has 2 aromatic heterocycles. The fourth-order valence-electron chi connectivity index (χ4n) is 4.65. The Labute approximate surface area is 225 Å². The molecule has 0 aliphatic heterocycles. The summed E-state index contributed by atoms with van der Waals surface area (Å²) >= 11 is 1.30. The average Bonchev–Trinajstić information content (AvgIpc) is 3.23. The lowest BCUT2D eigenvalue weighted by molar-refractivity contribution is 0.102. The van der Waals surface area contributed by atoms with E-state index in [1.54, 1.807) is 17.7 Å². The minimum atomic E-state index is -0.108. The molecule has 3 aromatic carbocycles. The lowest BCUT2D eigenvalue weighted by Gasteiger charge is -2.13. The highest BCUT2D eigenvalue weighted by atomic mass is 32.2. The predicted octanol–water partition coefficient (Wildman–Crippen LogP) is 6.14. The van der Waals surface area contributed by atoms with Gasteiger partial charge in [-0.2, -0.15) is 0 Å². The Morgan fingerprint density at radius 3 is 2.37 bits per heavy atom. The number of ketones is 1. The van der Waals surface area contributed by atoms with Crippen LogP contribution >= 0.6 is 11.8 Å². The molecule has 0 aliphatic carbocycles. The van der Waals surface area contributed by atoms with Gasteiger partial charge in [0.2, 0.25) is 0 Å². The van der Waals surface area contributed by atoms with Crippen LogP contribution in [0, 0.1) is 20.8 Å². The van der Waals surface area contributed by atoms with Crippen molar-refractivity contribution in [2.45, 2.75) is 32.5 Å². The molecule has 0 unspecified atom stereocenters. The van der Waals surface area contributed by atoms with E-state index >= 15 is 0 Å². The number of thioether (sulfide) groups is 1. The van der Waals surface area contributed by atoms with Crippen LogP contribution in [0.15, 0.2) is 88.8 Å². The Morgan fingerprint density at radius 2 is 1.66 bits per heavy atom. The first-order chi connectivity index (χ1) is 18.4. The molecule has 38 heavy (non-hydrogen) atoms. The summed E-state index contributed by atoms with van der Waals surface area (Å²) in [6, 6.07) is 25.1. The summed E-state index contributed by atoms with van der Waals surface area (Å²) in [5, 5.41) is 1.10. The smallest absolute Gasteiger partial charge is 0.262 e. The van der Waals surface area contributed by atoms with Gasteiger partial charge in [-0.3, -0.25) is 14.2 Å². The third kappa shape index (κ3) is 5.02. The van der Waals surface area contributed by atoms with E-state index in [-0.39, 0.29) is 17.1 Å². The van der Waals surface area contributed by atoms with Crippen molar-refractivity contribution in [2.24, 2.45) is 0 Å². The summed E-state index contributed by atoms with van der Waals surface area (Å²) in [5.74, 6) is 0.946. The van der Waals surface area contributed by atoms with Crippen LogP contribution in [0.2, 0.25) is 0 Å². The van der Waals surface area contributed by atoms with Crippen molar-refractivity contribution in [1.29, 1.82) is 0 Å². The second-order valence-corrected chi connectivity index (χ2v) is 10.3. The molecule has 0 radical (unpaired) electrons. The van der Waals surface area contributed by atoms with E-state index < -0.39 is 0 Å². The molecule has 0 saturated carbocycles. The van der Waals surface area contributed by atoms with Gasteiger partial charge in [-0.1, -0.05) is 53.7 Å². The molecule has 0 spiro atoms. The van der Waals surface area contributed by atoms with E-state index in [9.17, 15) is 9.59 Å². The van der Waals surface area contributed by atoms with Crippen molar-refractivity contribution in [3.8, 4) is 11.4 Å². The van der Waals surface area contributed by atoms with Gasteiger partial charge in [0.05, 0.1) is 30.3 Å². The second kappa shape index (κ2) is 10.7. The fourth-order valence-corrected chi connectivity index (χ4v) is 5.54. The number of methoxy groups -OCH3 is 1. The number of hydrogen-bond acceptors (Lipinski definition) is 5. The molecule has 0 amide bonds. The first-order valence-corrected chi connectivity index (χ1v) is 13.4. The third-order valence-corrected chi connectivity index (χ3v) is 7.66. The number of benzene rings is 3. The number of hydrogen-bond donors (Lipinski definition) is 0. The fraction of sp³-hybridized carbons (Fsp3) is 0.194. The van der Waals surface area contributed by atoms with Gasteiger partial charge >= 0.3 is 0 Å². The quantitative estimate of drug-likeness (QED) is 0.139. The number of nitrogens with zero attached hydrogens (tertiary/aromatic N) is 3. The minimum absolute atomic E-state index is 0.00726. The van der Waals surface area contributed by atoms with Crippen LogP contribution in [-0.4, -0.2) is 32.8 Å². The summed E-state index contributed by atoms with van der Waals surface area (Å²) < 4.78 is 9.01. The van der Waals surface area contributed by atoms with Crippen molar-refractivity contribution in [2.75, 3.05) is 12.9 Å². The van der Waals surface area contributed by atoms with Crippen LogP contribution < -0.4 is 10.3 Å². The third-order valence-electron chi connectivity index (χ3n) is 6.68. The Bertz CT molecular complexity index is 1680. The van der Waals surface area contributed by atoms with Gasteiger partial charge in [0.25, 0.3) is 5.56 Å². The number of carbonyl (C=O) groups excluding carboxylic acids is 1. The molecule has 5 rings (SSSR count). The maximum atomic E-state index is 13.5. The molecule has 0 aliphatic rings. The maximum Gasteiger partial charge on any atom is 0.262 e. The van der Waals surface area contributed by atoms with E-state index in [2.05, 4.69) is 4.57 Å². The van der Waals surface area contributed by atoms with E-state index in [1.165, 1.54) is 11.8 Å². The number of carbonyl (C=O) groups is 1. The molecule has 0 atom stereocenters. The van der Waals surface area contributed by atoms with Gasteiger partial charge in [-0.25, -0.2) is 4.98 Å². The summed E-state index contributed by atoms with van der Waals surface area (Å²) in [7, 11) is 1.64. The van der Waals surface area contributed by atoms with Crippen LogP contribution in [0.25, 0.3) is 16.6 Å². The van der Waals surface area contributed by atoms with Gasteiger partial charge in [-0.05, 0) is 68.8 Å². The molecule has 192 valence electrons. The normalized spacial score (nSPS) is 11.2. The Kier molecular flexibility index (Phi) is 7.20. The molecule has 0 fully saturated rings. The Morgan fingerprint density at radius 1 is 0.947 bits per heavy atom. The van der Waals surface area contributed by atoms with Crippen LogP contribution in [0.3, 0.4) is 0 Å². The molecule has 0 bridgehead atoms. The molecular weight excluding hydrogens is 494 g/mol. The Balaban J connectivity index is 1.45. The number of Topliss-reactive ketones (excluding diaryl/α,β-unsaturated/α-hetero) is 1. The molecule has 7 heteroatoms. The van der Waals surface area contributed by atoms with Crippen LogP contribution in [0.1, 0.15) is 32.9 Å². The summed E-state index contributed by atoms with van der Waals surface area (Å²) in [5.41, 5.74) is 6.17. The number of aromatic nitrogens is 3. The van der Waals surface area contributed by atoms with E-state index in [0.29, 0.717) is 28.2 Å². The lowest BCUT2D eigenvalue weighted by atomic mass is 10.1. The van der Waals surface area contributed by atoms with Gasteiger partial charge in [-0.15, -0.1) is 0 Å². The first-order valence-electron chi connectivity index (χ1n) is 12.4. The van der Waals surface area contributed by atoms with E-state index in [4.69, 9.17) is 9.72 Å². The molecule has 2 heterocycles. The van der Waals surface area contributed by atoms with Crippen LogP contribution in [0.5, 0.6) is 5.75 Å². The van der Waals surface area contributed by atoms with Crippen molar-refractivity contribution in [3.63, 3.8) is 0 Å². The molecule has 5 aromatic rings. The van der Waals surface area contributed by atoms with Crippen LogP contribution in [-0.2, 0) is 6.54 Å². The number of aryl methyl sites for hydroxylation is 2. The number of ether oxygens (including phenoxy) is 1. The lowest BCUT2D eigenvalue weighted by Crippen LogP contribution is -2.24. The zero-order valence-electron chi connectivity index (χ0n) is 21.9. The standard InChI is InChI=1S/C31H29N3O3S/c1-20-9-11-23(12-10-20)18-33-30(36)26-7-5-6-8-28(26)32-31(33)38-19-29(35)27-17-21(2)34(22(27)3)24-13-15-25(37-4)16-14-24/h5-17H,18-19H2,1-4H3. The van der Waals surface area contributed by atoms with Crippen molar-refractivity contribution >= 4 is 28.4 Å². The second-order valence-electron chi connectivity index (χ2n) is 9.32. The topological polar surface area (TPSA) is 66.1 Å². The minimum Gasteiger partial charge on any atom is -0.497 e. The van der Waals surface area contributed by atoms with E-state index in [0.717, 1.165) is 34.0 Å². The number of para-hydroxylation sites is 1. The predicted molar refractivity (Wildman–Crippen MR) is 153 cm³/mol. The van der Waals surface area contributed by atoms with Crippen molar-refractivity contribution < 1.29 is 9.53 Å². The van der Waals surface area contributed by atoms with Crippen molar-refractivity contribution in [1.82, 2.24) is 14.1 Å². The molecule has 0 N–H and O–H groups in total. The van der Waals surface area contributed by atoms with Gasteiger partial charge < -0.3 is 9.30 Å². The van der Waals surface area contributed by atoms with Crippen LogP contribution in [0.4, 0.5) is 0 Å². The largest absolute Gasteiger partial charge is 0.497 e. The zero-order chi connectivity index (χ0) is 26.8. The molecule has 6 nitrogen and oxygen atoms in total. The Hall–Kier alpha value is -4.10. The molecular formula is C31H29N3O3S. The summed E-state index contributed by atoms with van der Waals surface area (Å²) in [6.07, 6.45) is 0. The van der Waals surface area contributed by atoms with Crippen molar-refractivity contribution in [3.05, 3.63) is 117 Å². The highest BCUT2D eigenvalue weighted by Gasteiger charge is 2.19. The summed E-state index contributed by atoms with van der Waals surface area (Å²) in [6.45, 7) is 6.37. The molecule has 0 saturated heterocycles. The number of rotatable bonds is 8. The average molecular weight is 524 g/mol. The maximum absolute atomic E-state index is 13.5. The van der Waals surface area contributed by atoms with E-state index in [1.807, 2.05) is 93.6 Å². The van der Waals surface area contributed by atoms with Gasteiger partial charge in [0, 0.05) is 22.6 Å². The summed E-state index contributed by atoms with van der Waals surface area (Å²) in [4.78, 5) is 31.7. The number of fused-ring (bicyclic) bond motifs is 1. The first kappa shape index (κ1) is 25.5. The van der Waals surface area contributed by atoms with Gasteiger partial charge in [0.15, 0.2) is 10.9 Å². The highest BCUT2D eigenvalue weighted by Crippen LogP contribution is 2.26. The zero-order valence-corrected chi connectivity index (χ0v) is 22.7. The highest BCUT2D eigenvalue weighted by molar-refractivity contribution is 7.99. The SMILES string of the molecule is COc1ccc(-n2c(C)cc(C(=O)CSc3nc4ccccc4c(=O)n3Cc3ccc(C)cc3)c2C)cc1. The van der Waals surface area contributed by atoms with Gasteiger partial charge in [0.1, 0.15) is 5.75 Å². The monoisotopic (exact) mass is 523 g/mol.